The molecule has 1 aliphatic heterocycles. The van der Waals surface area contributed by atoms with Gasteiger partial charge < -0.3 is 14.4 Å². The molecule has 0 saturated carbocycles. The average molecular weight is 595 g/mol. The SMILES string of the molecule is CC.CCCCCCCCCCCCCCCCOC1C(OP(C)(=O)O)C(COF)OC1n1ccc(=O)[nH]c1=O. The summed E-state index contributed by atoms with van der Waals surface area (Å²) in [5.41, 5.74) is -1.34. The van der Waals surface area contributed by atoms with Crippen molar-refractivity contribution in [1.29, 1.82) is 0 Å². The van der Waals surface area contributed by atoms with Crippen molar-refractivity contribution in [3.63, 3.8) is 0 Å². The maximum absolute atomic E-state index is 12.7. The van der Waals surface area contributed by atoms with Gasteiger partial charge in [-0.15, -0.1) is 0 Å². The van der Waals surface area contributed by atoms with Gasteiger partial charge in [0.25, 0.3) is 5.56 Å². The monoisotopic (exact) mass is 594 g/mol. The van der Waals surface area contributed by atoms with Crippen LogP contribution < -0.4 is 11.2 Å². The third-order valence-electron chi connectivity index (χ3n) is 6.76. The Labute approximate surface area is 238 Å². The predicted molar refractivity (Wildman–Crippen MR) is 154 cm³/mol. The fourth-order valence-electron chi connectivity index (χ4n) is 4.80. The van der Waals surface area contributed by atoms with Crippen LogP contribution in [0.2, 0.25) is 0 Å². The van der Waals surface area contributed by atoms with E-state index in [0.29, 0.717) is 6.61 Å². The summed E-state index contributed by atoms with van der Waals surface area (Å²) in [7, 11) is -4.01. The zero-order chi connectivity index (χ0) is 29.8. The molecule has 12 heteroatoms. The number of nitrogens with one attached hydrogen (secondary N) is 1. The number of aromatic amines is 1. The fraction of sp³-hybridized carbons (Fsp3) is 0.857. The number of H-pyrrole nitrogens is 1. The first-order chi connectivity index (χ1) is 19.3. The molecule has 2 rings (SSSR count). The molecule has 1 fully saturated rings. The minimum absolute atomic E-state index is 0.295. The standard InChI is InChI=1S/C26H46FN2O8P.C2H6/c1-3-4-5-6-7-8-9-10-11-12-13-14-15-16-19-34-24-23(37-38(2,32)33)21(20-35-27)36-25(24)29-18-17-22(30)28-26(29)31;1-2/h17-18,21,23-25H,3-16,19-20H2,1-2H3,(H,32,33)(H,28,30,31);1-2H3. The van der Waals surface area contributed by atoms with Crippen LogP contribution in [-0.4, -0.2) is 52.6 Å². The van der Waals surface area contributed by atoms with Gasteiger partial charge in [-0.3, -0.25) is 23.4 Å². The number of ether oxygens (including phenoxy) is 2. The van der Waals surface area contributed by atoms with Gasteiger partial charge in [-0.25, -0.2) is 4.79 Å². The first-order valence-electron chi connectivity index (χ1n) is 15.1. The highest BCUT2D eigenvalue weighted by Gasteiger charge is 2.49. The van der Waals surface area contributed by atoms with Crippen molar-refractivity contribution in [2.45, 2.75) is 135 Å². The Balaban J connectivity index is 0.00000391. The predicted octanol–water partition coefficient (Wildman–Crippen LogP) is 6.43. The molecule has 234 valence electrons. The van der Waals surface area contributed by atoms with Crippen LogP contribution in [0.3, 0.4) is 0 Å². The van der Waals surface area contributed by atoms with Crippen LogP contribution in [-0.2, 0) is 23.5 Å². The van der Waals surface area contributed by atoms with Crippen LogP contribution in [0, 0.1) is 0 Å². The average Bonchev–Trinajstić information content (AvgIpc) is 3.22. The maximum atomic E-state index is 12.7. The lowest BCUT2D eigenvalue weighted by atomic mass is 10.0. The number of hydrogen-bond donors (Lipinski definition) is 2. The molecule has 0 spiro atoms. The highest BCUT2D eigenvalue weighted by atomic mass is 31.2. The number of unbranched alkanes of at least 4 members (excludes halogenated alkanes) is 13. The third kappa shape index (κ3) is 14.5. The van der Waals surface area contributed by atoms with Crippen molar-refractivity contribution in [3.05, 3.63) is 33.1 Å². The minimum Gasteiger partial charge on any atom is -0.371 e. The lowest BCUT2D eigenvalue weighted by molar-refractivity contribution is -0.175. The van der Waals surface area contributed by atoms with Gasteiger partial charge in [-0.05, 0) is 10.9 Å². The Kier molecular flexibility index (Phi) is 19.6. The molecule has 2 N–H and O–H groups in total. The molecule has 5 atom stereocenters. The summed E-state index contributed by atoms with van der Waals surface area (Å²) in [6.07, 6.45) is 13.9. The largest absolute Gasteiger partial charge is 0.371 e. The summed E-state index contributed by atoms with van der Waals surface area (Å²) >= 11 is 0. The van der Waals surface area contributed by atoms with E-state index < -0.39 is 50.0 Å². The van der Waals surface area contributed by atoms with Crippen LogP contribution in [0.5, 0.6) is 0 Å². The minimum atomic E-state index is -4.01. The summed E-state index contributed by atoms with van der Waals surface area (Å²) in [5, 5.41) is 0. The molecule has 10 nitrogen and oxygen atoms in total. The molecule has 0 aliphatic carbocycles. The molecule has 0 radical (unpaired) electrons. The van der Waals surface area contributed by atoms with Crippen molar-refractivity contribution < 1.29 is 32.9 Å². The van der Waals surface area contributed by atoms with Gasteiger partial charge in [0.2, 0.25) is 0 Å². The van der Waals surface area contributed by atoms with Gasteiger partial charge >= 0.3 is 13.3 Å². The topological polar surface area (TPSA) is 129 Å². The Hall–Kier alpha value is -1.36. The first kappa shape index (κ1) is 36.7. The van der Waals surface area contributed by atoms with E-state index in [9.17, 15) is 23.6 Å². The van der Waals surface area contributed by atoms with Gasteiger partial charge in [0.05, 0.1) is 0 Å². The van der Waals surface area contributed by atoms with Gasteiger partial charge in [-0.2, -0.15) is 4.94 Å². The third-order valence-corrected chi connectivity index (χ3v) is 7.40. The van der Waals surface area contributed by atoms with Crippen LogP contribution in [0.25, 0.3) is 0 Å². The van der Waals surface area contributed by atoms with E-state index in [-0.39, 0.29) is 0 Å². The van der Waals surface area contributed by atoms with E-state index in [4.69, 9.17) is 14.0 Å². The van der Waals surface area contributed by atoms with Gasteiger partial charge in [-0.1, -0.05) is 104 Å². The smallest absolute Gasteiger partial charge is 0.330 e. The molecule has 1 aromatic rings. The zero-order valence-electron chi connectivity index (χ0n) is 24.9. The highest BCUT2D eigenvalue weighted by Crippen LogP contribution is 2.45. The Morgan fingerprint density at radius 2 is 1.48 bits per heavy atom. The molecule has 1 saturated heterocycles. The molecule has 1 aliphatic rings. The summed E-state index contributed by atoms with van der Waals surface area (Å²) in [6.45, 7) is 6.95. The lowest BCUT2D eigenvalue weighted by Gasteiger charge is -2.25. The normalized spacial score (nSPS) is 22.1. The van der Waals surface area contributed by atoms with E-state index in [2.05, 4.69) is 16.8 Å². The Morgan fingerprint density at radius 1 is 0.950 bits per heavy atom. The molecule has 2 heterocycles. The van der Waals surface area contributed by atoms with Crippen LogP contribution in [0.15, 0.2) is 21.9 Å². The molecular weight excluding hydrogens is 542 g/mol. The molecule has 40 heavy (non-hydrogen) atoms. The van der Waals surface area contributed by atoms with Crippen LogP contribution in [0.4, 0.5) is 4.53 Å². The number of aromatic nitrogens is 2. The van der Waals surface area contributed by atoms with Gasteiger partial charge in [0.15, 0.2) is 6.23 Å². The number of nitrogens with zero attached hydrogens (tertiary/aromatic N) is 1. The summed E-state index contributed by atoms with van der Waals surface area (Å²) in [5.74, 6) is 0. The van der Waals surface area contributed by atoms with Crippen molar-refractivity contribution in [2.24, 2.45) is 0 Å². The van der Waals surface area contributed by atoms with Crippen molar-refractivity contribution in [1.82, 2.24) is 9.55 Å². The number of rotatable bonds is 21. The van der Waals surface area contributed by atoms with Crippen molar-refractivity contribution in [2.75, 3.05) is 19.9 Å². The second-order valence-electron chi connectivity index (χ2n) is 10.2. The first-order valence-corrected chi connectivity index (χ1v) is 17.1. The quantitative estimate of drug-likeness (QED) is 0.123. The second-order valence-corrected chi connectivity index (χ2v) is 12.0. The van der Waals surface area contributed by atoms with Crippen molar-refractivity contribution >= 4 is 7.60 Å². The van der Waals surface area contributed by atoms with E-state index in [1.807, 2.05) is 13.8 Å². The molecule has 0 bridgehead atoms. The lowest BCUT2D eigenvalue weighted by Crippen LogP contribution is -2.40. The van der Waals surface area contributed by atoms with Crippen LogP contribution in [0.1, 0.15) is 117 Å². The molecular formula is C28H52FN2O8P. The number of hydrogen-bond acceptors (Lipinski definition) is 7. The Morgan fingerprint density at radius 3 is 1.95 bits per heavy atom. The molecule has 1 aromatic heterocycles. The summed E-state index contributed by atoms with van der Waals surface area (Å²) < 4.78 is 42.8. The second kappa shape index (κ2) is 21.4. The van der Waals surface area contributed by atoms with Gasteiger partial charge in [0, 0.05) is 25.5 Å². The van der Waals surface area contributed by atoms with Gasteiger partial charge in [0.1, 0.15) is 24.9 Å². The van der Waals surface area contributed by atoms with E-state index in [0.717, 1.165) is 43.0 Å². The number of halogens is 1. The summed E-state index contributed by atoms with van der Waals surface area (Å²) in [4.78, 5) is 39.5. The highest BCUT2D eigenvalue weighted by molar-refractivity contribution is 7.51. The molecule has 0 aromatic carbocycles. The maximum Gasteiger partial charge on any atom is 0.330 e. The van der Waals surface area contributed by atoms with E-state index in [1.54, 1.807) is 0 Å². The Bertz CT molecular complexity index is 937. The molecule has 5 unspecified atom stereocenters. The zero-order valence-corrected chi connectivity index (χ0v) is 25.7. The van der Waals surface area contributed by atoms with E-state index >= 15 is 0 Å². The fourth-order valence-corrected chi connectivity index (χ4v) is 5.51. The summed E-state index contributed by atoms with van der Waals surface area (Å²) in [6, 6.07) is 1.14. The molecule has 0 amide bonds. The van der Waals surface area contributed by atoms with E-state index in [1.165, 1.54) is 70.4 Å². The van der Waals surface area contributed by atoms with Crippen molar-refractivity contribution in [3.8, 4) is 0 Å². The van der Waals surface area contributed by atoms with Crippen LogP contribution >= 0.6 is 7.60 Å².